The van der Waals surface area contributed by atoms with Gasteiger partial charge < -0.3 is 38.5 Å². The van der Waals surface area contributed by atoms with E-state index >= 15 is 19.2 Å². The second-order valence-electron chi connectivity index (χ2n) is 43.0. The Morgan fingerprint density at radius 1 is 0.203 bits per heavy atom. The smallest absolute Gasteiger partial charge is 0.260 e. The average Bonchev–Trinajstić information content (AvgIpc) is 0.757. The molecule has 1 aliphatic rings. The van der Waals surface area contributed by atoms with E-state index in [0.29, 0.717) is 101 Å². The van der Waals surface area contributed by atoms with E-state index in [9.17, 15) is 0 Å². The molecule has 0 fully saturated rings. The first kappa shape index (κ1) is 112. The van der Waals surface area contributed by atoms with Crippen LogP contribution in [0, 0.1) is 0 Å². The molecule has 0 aliphatic heterocycles. The largest absolute Gasteiger partial charge is 0.483 e. The number of rotatable bonds is 68. The summed E-state index contributed by atoms with van der Waals surface area (Å²) >= 11 is 0. The standard InChI is InChI=1S/C116H196N4O8/c1-21-29-37-45-53-61-69-117(70-62-54-46-38-30-22-2)105(121)89-125-109-93-77-95-83-102(114(12,13)14)85-97(110(95)126-90-106(122)118(71-63-55-47-39-31-23-3)72-64-56-48-40-32-24-4)79-99-87-104(116(18,19)20)88-100(112(99)128-92-108(124)120(75-67-59-51-43-35-27-7)76-68-60-52-44-36-28-8)80-98-86-103(115(15,16)17)84-96(78-94(109)82-101(81-93)113(9,10)11)111(98)127-91-107(123)119(73-65-57-49-41-33-25-5)74-66-58-50-42-34-26-6/h81-88H,21-80,89-92H2,1-20H3. The summed E-state index contributed by atoms with van der Waals surface area (Å²) in [5.41, 5.74) is 10.6. The normalized spacial score (nSPS) is 12.5. The maximum Gasteiger partial charge on any atom is 0.260 e. The van der Waals surface area contributed by atoms with Crippen LogP contribution in [0.4, 0.5) is 0 Å². The van der Waals surface area contributed by atoms with Gasteiger partial charge in [0.15, 0.2) is 26.4 Å². The molecule has 0 unspecified atom stereocenters. The molecule has 12 nitrogen and oxygen atoms in total. The van der Waals surface area contributed by atoms with Gasteiger partial charge in [-0.05, 0) is 140 Å². The number of unbranched alkanes of at least 4 members (excludes halogenated alkanes) is 40. The van der Waals surface area contributed by atoms with E-state index in [4.69, 9.17) is 18.9 Å². The Bertz CT molecular complexity index is 3080. The van der Waals surface area contributed by atoms with E-state index in [1.165, 1.54) is 154 Å². The summed E-state index contributed by atoms with van der Waals surface area (Å²) in [6.45, 7) is 50.7. The van der Waals surface area contributed by atoms with Gasteiger partial charge in [0.1, 0.15) is 23.0 Å². The molecule has 0 aromatic heterocycles. The van der Waals surface area contributed by atoms with E-state index < -0.39 is 0 Å². The second-order valence-corrected chi connectivity index (χ2v) is 43.0. The van der Waals surface area contributed by atoms with Gasteiger partial charge in [-0.25, -0.2) is 0 Å². The van der Waals surface area contributed by atoms with Crippen LogP contribution in [0.2, 0.25) is 0 Å². The lowest BCUT2D eigenvalue weighted by Crippen LogP contribution is -2.37. The quantitative estimate of drug-likeness (QED) is 0.0353. The van der Waals surface area contributed by atoms with Crippen molar-refractivity contribution in [1.82, 2.24) is 19.6 Å². The summed E-state index contributed by atoms with van der Waals surface area (Å²) in [6.07, 6.45) is 56.0. The monoisotopic (exact) mass is 1770 g/mol. The van der Waals surface area contributed by atoms with E-state index in [-0.39, 0.29) is 71.7 Å². The minimum atomic E-state index is -0.353. The van der Waals surface area contributed by atoms with Crippen LogP contribution in [-0.4, -0.2) is 122 Å². The fourth-order valence-corrected chi connectivity index (χ4v) is 18.4. The lowest BCUT2D eigenvalue weighted by Gasteiger charge is -2.30. The molecule has 0 heterocycles. The molecule has 12 heteroatoms. The first-order valence-corrected chi connectivity index (χ1v) is 53.7. The Kier molecular flexibility index (Phi) is 55.5. The van der Waals surface area contributed by atoms with Crippen LogP contribution in [0.1, 0.15) is 513 Å². The van der Waals surface area contributed by atoms with Crippen molar-refractivity contribution < 1.29 is 38.1 Å². The van der Waals surface area contributed by atoms with Crippen LogP contribution in [0.25, 0.3) is 0 Å². The molecule has 8 bridgehead atoms. The minimum absolute atomic E-state index is 0.00177. The molecule has 4 aromatic rings. The number of nitrogens with zero attached hydrogens (tertiary/aromatic N) is 4. The van der Waals surface area contributed by atoms with Crippen molar-refractivity contribution in [3.8, 4) is 23.0 Å². The Morgan fingerprint density at radius 3 is 0.438 bits per heavy atom. The molecular formula is C116H196N4O8. The van der Waals surface area contributed by atoms with Gasteiger partial charge in [-0.3, -0.25) is 19.2 Å². The molecule has 128 heavy (non-hydrogen) atoms. The maximum atomic E-state index is 15.7. The Balaban J connectivity index is 2.01. The molecule has 0 spiro atoms. The van der Waals surface area contributed by atoms with Crippen LogP contribution in [-0.2, 0) is 66.5 Å². The highest BCUT2D eigenvalue weighted by Gasteiger charge is 2.33. The van der Waals surface area contributed by atoms with Crippen molar-refractivity contribution in [2.45, 2.75) is 494 Å². The predicted octanol–water partition coefficient (Wildman–Crippen LogP) is 31.3. The number of fused-ring (bicyclic) bond motifs is 8. The van der Waals surface area contributed by atoms with Gasteiger partial charge in [0.2, 0.25) is 0 Å². The van der Waals surface area contributed by atoms with Gasteiger partial charge in [-0.1, -0.05) is 444 Å². The summed E-state index contributed by atoms with van der Waals surface area (Å²) in [4.78, 5) is 71.2. The number of carbonyl (C=O) groups excluding carboxylic acids is 4. The van der Waals surface area contributed by atoms with E-state index in [1.807, 2.05) is 0 Å². The zero-order chi connectivity index (χ0) is 93.6. The van der Waals surface area contributed by atoms with Gasteiger partial charge in [0.25, 0.3) is 23.6 Å². The predicted molar refractivity (Wildman–Crippen MR) is 547 cm³/mol. The summed E-state index contributed by atoms with van der Waals surface area (Å²) in [5.74, 6) is 2.68. The van der Waals surface area contributed by atoms with Gasteiger partial charge in [0, 0.05) is 78.0 Å². The molecule has 0 saturated heterocycles. The van der Waals surface area contributed by atoms with E-state index in [2.05, 4.69) is 207 Å². The Labute approximate surface area is 787 Å². The van der Waals surface area contributed by atoms with Crippen molar-refractivity contribution in [2.75, 3.05) is 78.8 Å². The highest BCUT2D eigenvalue weighted by molar-refractivity contribution is 5.80. The average molecular weight is 1770 g/mol. The number of hydrogen-bond donors (Lipinski definition) is 0. The zero-order valence-electron chi connectivity index (χ0n) is 86.9. The summed E-state index contributed by atoms with van der Waals surface area (Å²) in [5, 5.41) is 0. The van der Waals surface area contributed by atoms with E-state index in [0.717, 1.165) is 221 Å². The lowest BCUT2D eigenvalue weighted by atomic mass is 9.79. The first-order chi connectivity index (χ1) is 61.5. The highest BCUT2D eigenvalue weighted by atomic mass is 16.5. The van der Waals surface area contributed by atoms with Crippen molar-refractivity contribution in [2.24, 2.45) is 0 Å². The lowest BCUT2D eigenvalue weighted by molar-refractivity contribution is -0.134. The Hall–Kier alpha value is -6.04. The number of carbonyl (C=O) groups is 4. The minimum Gasteiger partial charge on any atom is -0.483 e. The van der Waals surface area contributed by atoms with Crippen LogP contribution >= 0.6 is 0 Å². The Morgan fingerprint density at radius 2 is 0.320 bits per heavy atom. The third-order valence-electron chi connectivity index (χ3n) is 27.0. The molecule has 4 aromatic carbocycles. The van der Waals surface area contributed by atoms with E-state index in [1.54, 1.807) is 0 Å². The first-order valence-electron chi connectivity index (χ1n) is 53.7. The summed E-state index contributed by atoms with van der Waals surface area (Å²) in [7, 11) is 0. The molecule has 728 valence electrons. The van der Waals surface area contributed by atoms with Gasteiger partial charge >= 0.3 is 0 Å². The third-order valence-corrected chi connectivity index (χ3v) is 27.0. The fraction of sp³-hybridized carbons (Fsp3) is 0.759. The van der Waals surface area contributed by atoms with Crippen molar-refractivity contribution in [1.29, 1.82) is 0 Å². The molecular weight excluding hydrogens is 1580 g/mol. The van der Waals surface area contributed by atoms with Gasteiger partial charge in [-0.15, -0.1) is 0 Å². The molecule has 0 N–H and O–H groups in total. The third kappa shape index (κ3) is 43.3. The van der Waals surface area contributed by atoms with Crippen LogP contribution in [0.15, 0.2) is 48.5 Å². The van der Waals surface area contributed by atoms with Gasteiger partial charge in [0.05, 0.1) is 0 Å². The van der Waals surface area contributed by atoms with Crippen molar-refractivity contribution in [3.05, 3.63) is 115 Å². The number of ether oxygens (including phenoxy) is 4. The van der Waals surface area contributed by atoms with Crippen molar-refractivity contribution >= 4 is 23.6 Å². The SMILES string of the molecule is CCCCCCCCN(CCCCCCCC)C(=O)COc1c2cc(C(C)(C)C)cc1Cc1cc(C(C)(C)C)cc(c1OCC(=O)N(CCCCCCCC)CCCCCCCC)Cc1cc(C(C)(C)C)cc(c1OCC(=O)N(CCCCCCCC)CCCCCCCC)Cc1cc(C(C)(C)C)cc(c1OCC(=O)N(CCCCCCCC)CCCCCCCC)C2. The van der Waals surface area contributed by atoms with Crippen LogP contribution < -0.4 is 18.9 Å². The molecule has 0 saturated carbocycles. The molecule has 0 radical (unpaired) electrons. The van der Waals surface area contributed by atoms with Crippen molar-refractivity contribution in [3.63, 3.8) is 0 Å². The second kappa shape index (κ2) is 63.2. The van der Waals surface area contributed by atoms with Crippen LogP contribution in [0.3, 0.4) is 0 Å². The molecule has 5 rings (SSSR count). The molecule has 0 atom stereocenters. The zero-order valence-corrected chi connectivity index (χ0v) is 86.9. The number of amides is 4. The fourth-order valence-electron chi connectivity index (χ4n) is 18.4. The molecule has 4 amide bonds. The highest BCUT2D eigenvalue weighted by Crippen LogP contribution is 2.45. The van der Waals surface area contributed by atoms with Crippen LogP contribution in [0.5, 0.6) is 23.0 Å². The van der Waals surface area contributed by atoms with Gasteiger partial charge in [-0.2, -0.15) is 0 Å². The topological polar surface area (TPSA) is 118 Å². The maximum absolute atomic E-state index is 15.7. The number of benzene rings is 4. The summed E-state index contributed by atoms with van der Waals surface area (Å²) < 4.78 is 30.4. The number of hydrogen-bond acceptors (Lipinski definition) is 8. The summed E-state index contributed by atoms with van der Waals surface area (Å²) in [6, 6.07) is 18.8. The molecule has 1 aliphatic carbocycles.